The number of carbonyl (C=O) groups is 1. The van der Waals surface area contributed by atoms with Gasteiger partial charge in [0.15, 0.2) is 6.10 Å². The molecule has 2 unspecified atom stereocenters. The van der Waals surface area contributed by atoms with E-state index in [2.05, 4.69) is 0 Å². The average Bonchev–Trinajstić information content (AvgIpc) is 2.28. The van der Waals surface area contributed by atoms with Crippen LogP contribution in [0.3, 0.4) is 0 Å². The Bertz CT molecular complexity index is 417. The second-order valence-corrected chi connectivity index (χ2v) is 4.09. The summed E-state index contributed by atoms with van der Waals surface area (Å²) in [6.07, 6.45) is -0.924. The Morgan fingerprint density at radius 2 is 2.17 bits per heavy atom. The van der Waals surface area contributed by atoms with E-state index >= 15 is 0 Å². The van der Waals surface area contributed by atoms with Crippen molar-refractivity contribution in [1.82, 2.24) is 0 Å². The average molecular weight is 256 g/mol. The fourth-order valence-electron chi connectivity index (χ4n) is 1.60. The highest BCUT2D eigenvalue weighted by molar-refractivity contribution is 5.72. The molecule has 0 heterocycles. The van der Waals surface area contributed by atoms with Crippen molar-refractivity contribution in [3.05, 3.63) is 29.6 Å². The molecule has 2 N–H and O–H groups in total. The van der Waals surface area contributed by atoms with E-state index < -0.39 is 24.0 Å². The van der Waals surface area contributed by atoms with Crippen LogP contribution in [0, 0.1) is 5.82 Å². The minimum absolute atomic E-state index is 0.0749. The van der Waals surface area contributed by atoms with Crippen LogP contribution in [0.1, 0.15) is 38.4 Å². The van der Waals surface area contributed by atoms with Crippen LogP contribution >= 0.6 is 0 Å². The molecule has 0 aliphatic carbocycles. The molecule has 5 heteroatoms. The Morgan fingerprint density at radius 1 is 1.50 bits per heavy atom. The predicted molar refractivity (Wildman–Crippen MR) is 64.0 cm³/mol. The Morgan fingerprint density at radius 3 is 2.67 bits per heavy atom. The first-order valence-electron chi connectivity index (χ1n) is 5.82. The Hall–Kier alpha value is -1.62. The summed E-state index contributed by atoms with van der Waals surface area (Å²) in [6.45, 7) is 3.34. The molecule has 0 fully saturated rings. The van der Waals surface area contributed by atoms with Gasteiger partial charge in [-0.25, -0.2) is 9.18 Å². The topological polar surface area (TPSA) is 66.8 Å². The van der Waals surface area contributed by atoms with Crippen molar-refractivity contribution in [3.63, 3.8) is 0 Å². The summed E-state index contributed by atoms with van der Waals surface area (Å²) in [7, 11) is 0. The SMILES string of the molecule is CCCC(Oc1cc(F)ccc1C(C)O)C(=O)O. The van der Waals surface area contributed by atoms with E-state index in [9.17, 15) is 14.3 Å². The maximum absolute atomic E-state index is 13.1. The fourth-order valence-corrected chi connectivity index (χ4v) is 1.60. The van der Waals surface area contributed by atoms with E-state index in [0.29, 0.717) is 18.4 Å². The molecule has 4 nitrogen and oxygen atoms in total. The van der Waals surface area contributed by atoms with Crippen LogP contribution in [0.2, 0.25) is 0 Å². The van der Waals surface area contributed by atoms with Crippen molar-refractivity contribution in [2.75, 3.05) is 0 Å². The first-order chi connectivity index (χ1) is 8.45. The van der Waals surface area contributed by atoms with Gasteiger partial charge < -0.3 is 14.9 Å². The number of halogens is 1. The van der Waals surface area contributed by atoms with Crippen molar-refractivity contribution in [2.24, 2.45) is 0 Å². The van der Waals surface area contributed by atoms with Gasteiger partial charge in [0.2, 0.25) is 0 Å². The molecule has 0 bridgehead atoms. The van der Waals surface area contributed by atoms with Gasteiger partial charge in [0, 0.05) is 11.6 Å². The van der Waals surface area contributed by atoms with Crippen LogP contribution in [0.4, 0.5) is 4.39 Å². The molecule has 18 heavy (non-hydrogen) atoms. The minimum Gasteiger partial charge on any atom is -0.479 e. The summed E-state index contributed by atoms with van der Waals surface area (Å²) in [5.41, 5.74) is 0.374. The summed E-state index contributed by atoms with van der Waals surface area (Å²) in [5, 5.41) is 18.5. The highest BCUT2D eigenvalue weighted by atomic mass is 19.1. The van der Waals surface area contributed by atoms with Crippen molar-refractivity contribution in [2.45, 2.75) is 38.9 Å². The second-order valence-electron chi connectivity index (χ2n) is 4.09. The molecule has 0 amide bonds. The van der Waals surface area contributed by atoms with Crippen LogP contribution in [-0.2, 0) is 4.79 Å². The van der Waals surface area contributed by atoms with Crippen molar-refractivity contribution < 1.29 is 24.1 Å². The van der Waals surface area contributed by atoms with Crippen LogP contribution in [-0.4, -0.2) is 22.3 Å². The molecular formula is C13H17FO4. The van der Waals surface area contributed by atoms with E-state index in [-0.39, 0.29) is 5.75 Å². The van der Waals surface area contributed by atoms with Gasteiger partial charge in [0.25, 0.3) is 0 Å². The Balaban J connectivity index is 3.00. The summed E-state index contributed by atoms with van der Waals surface area (Å²) in [5.74, 6) is -1.56. The normalized spacial score (nSPS) is 14.0. The van der Waals surface area contributed by atoms with Crippen LogP contribution < -0.4 is 4.74 Å². The lowest BCUT2D eigenvalue weighted by Crippen LogP contribution is -2.27. The molecule has 0 aliphatic rings. The number of benzene rings is 1. The minimum atomic E-state index is -1.10. The maximum atomic E-state index is 13.1. The van der Waals surface area contributed by atoms with Gasteiger partial charge in [-0.15, -0.1) is 0 Å². The van der Waals surface area contributed by atoms with E-state index in [4.69, 9.17) is 9.84 Å². The molecule has 0 aliphatic heterocycles. The largest absolute Gasteiger partial charge is 0.479 e. The predicted octanol–water partition coefficient (Wildman–Crippen LogP) is 2.51. The molecule has 0 spiro atoms. The lowest BCUT2D eigenvalue weighted by Gasteiger charge is -2.18. The van der Waals surface area contributed by atoms with Crippen LogP contribution in [0.25, 0.3) is 0 Å². The van der Waals surface area contributed by atoms with Gasteiger partial charge in [-0.2, -0.15) is 0 Å². The molecule has 1 aromatic carbocycles. The summed E-state index contributed by atoms with van der Waals surface area (Å²) in [4.78, 5) is 11.0. The standard InChI is InChI=1S/C13H17FO4/c1-3-4-11(13(16)17)18-12-7-9(14)5-6-10(12)8(2)15/h5-8,11,15H,3-4H2,1-2H3,(H,16,17). The monoisotopic (exact) mass is 256 g/mol. The second kappa shape index (κ2) is 6.35. The fraction of sp³-hybridized carbons (Fsp3) is 0.462. The van der Waals surface area contributed by atoms with Crippen molar-refractivity contribution >= 4 is 5.97 Å². The van der Waals surface area contributed by atoms with Gasteiger partial charge >= 0.3 is 5.97 Å². The van der Waals surface area contributed by atoms with Gasteiger partial charge in [-0.05, 0) is 25.5 Å². The lowest BCUT2D eigenvalue weighted by molar-refractivity contribution is -0.145. The van der Waals surface area contributed by atoms with Crippen LogP contribution in [0.15, 0.2) is 18.2 Å². The number of carboxylic acids is 1. The number of ether oxygens (including phenoxy) is 1. The van der Waals surface area contributed by atoms with Gasteiger partial charge in [-0.1, -0.05) is 13.3 Å². The van der Waals surface area contributed by atoms with Gasteiger partial charge in [-0.3, -0.25) is 0 Å². The lowest BCUT2D eigenvalue weighted by atomic mass is 10.1. The molecule has 2 atom stereocenters. The Labute approximate surface area is 105 Å². The molecule has 0 aromatic heterocycles. The third-order valence-electron chi connectivity index (χ3n) is 2.52. The van der Waals surface area contributed by atoms with Gasteiger partial charge in [0.1, 0.15) is 11.6 Å². The molecule has 0 saturated carbocycles. The highest BCUT2D eigenvalue weighted by Crippen LogP contribution is 2.27. The quantitative estimate of drug-likeness (QED) is 0.820. The zero-order valence-electron chi connectivity index (χ0n) is 10.4. The zero-order valence-corrected chi connectivity index (χ0v) is 10.4. The molecule has 0 radical (unpaired) electrons. The number of rotatable bonds is 6. The molecule has 0 saturated heterocycles. The zero-order chi connectivity index (χ0) is 13.7. The first kappa shape index (κ1) is 14.4. The number of carboxylic acid groups (broad SMARTS) is 1. The van der Waals surface area contributed by atoms with E-state index in [1.807, 2.05) is 6.92 Å². The molecular weight excluding hydrogens is 239 g/mol. The van der Waals surface area contributed by atoms with E-state index in [1.165, 1.54) is 19.1 Å². The Kier molecular flexibility index (Phi) is 5.09. The maximum Gasteiger partial charge on any atom is 0.344 e. The number of hydrogen-bond donors (Lipinski definition) is 2. The third-order valence-corrected chi connectivity index (χ3v) is 2.52. The smallest absolute Gasteiger partial charge is 0.344 e. The number of hydrogen-bond acceptors (Lipinski definition) is 3. The molecule has 100 valence electrons. The molecule has 1 rings (SSSR count). The first-order valence-corrected chi connectivity index (χ1v) is 5.82. The number of aliphatic hydroxyl groups is 1. The summed E-state index contributed by atoms with van der Waals surface area (Å²) in [6, 6.07) is 3.68. The van der Waals surface area contributed by atoms with E-state index in [1.54, 1.807) is 0 Å². The van der Waals surface area contributed by atoms with Crippen LogP contribution in [0.5, 0.6) is 5.75 Å². The van der Waals surface area contributed by atoms with Crippen molar-refractivity contribution in [1.29, 1.82) is 0 Å². The summed E-state index contributed by atoms with van der Waals surface area (Å²) >= 11 is 0. The number of aliphatic carboxylic acids is 1. The van der Waals surface area contributed by atoms with E-state index in [0.717, 1.165) is 6.07 Å². The van der Waals surface area contributed by atoms with Crippen molar-refractivity contribution in [3.8, 4) is 5.75 Å². The number of aliphatic hydroxyl groups excluding tert-OH is 1. The molecule has 1 aromatic rings. The van der Waals surface area contributed by atoms with Gasteiger partial charge in [0.05, 0.1) is 6.10 Å². The third kappa shape index (κ3) is 3.70. The summed E-state index contributed by atoms with van der Waals surface area (Å²) < 4.78 is 18.4. The highest BCUT2D eigenvalue weighted by Gasteiger charge is 2.21.